The molecule has 33 heavy (non-hydrogen) atoms. The molecule has 1 saturated carbocycles. The van der Waals surface area contributed by atoms with Gasteiger partial charge >= 0.3 is 0 Å². The topological polar surface area (TPSA) is 102 Å². The highest BCUT2D eigenvalue weighted by atomic mass is 32.2. The smallest absolute Gasteiger partial charge is 0.256 e. The number of benzene rings is 2. The average Bonchev–Trinajstić information content (AvgIpc) is 3.35. The number of carbonyl (C=O) groups is 2. The van der Waals surface area contributed by atoms with Crippen LogP contribution in [-0.4, -0.2) is 43.8 Å². The molecule has 0 saturated heterocycles. The van der Waals surface area contributed by atoms with Crippen molar-refractivity contribution in [3.63, 3.8) is 0 Å². The van der Waals surface area contributed by atoms with Gasteiger partial charge in [-0.1, -0.05) is 50.3 Å². The fraction of sp³-hybridized carbons (Fsp3) is 0.375. The summed E-state index contributed by atoms with van der Waals surface area (Å²) in [7, 11) is 0. The molecule has 2 aromatic carbocycles. The van der Waals surface area contributed by atoms with Crippen LogP contribution < -0.4 is 10.6 Å². The normalized spacial score (nSPS) is 14.8. The number of nitrogens with zero attached hydrogens (tertiary/aromatic N) is 4. The summed E-state index contributed by atoms with van der Waals surface area (Å²) in [5, 5.41) is 17.3. The van der Waals surface area contributed by atoms with E-state index in [1.54, 1.807) is 12.1 Å². The van der Waals surface area contributed by atoms with Crippen molar-refractivity contribution in [3.05, 3.63) is 60.4 Å². The number of carbonyl (C=O) groups excluding carboxylic acids is 2. The first-order valence-corrected chi connectivity index (χ1v) is 12.3. The zero-order chi connectivity index (χ0) is 22.9. The van der Waals surface area contributed by atoms with E-state index in [-0.39, 0.29) is 23.6 Å². The lowest BCUT2D eigenvalue weighted by atomic mass is 9.97. The van der Waals surface area contributed by atoms with Crippen LogP contribution in [0.1, 0.15) is 55.3 Å². The Balaban J connectivity index is 1.36. The predicted octanol–water partition coefficient (Wildman–Crippen LogP) is 4.24. The average molecular weight is 465 g/mol. The third kappa shape index (κ3) is 6.64. The second-order valence-electron chi connectivity index (χ2n) is 8.15. The molecule has 1 aliphatic carbocycles. The summed E-state index contributed by atoms with van der Waals surface area (Å²) in [6.45, 7) is 0. The van der Waals surface area contributed by atoms with Gasteiger partial charge < -0.3 is 10.6 Å². The number of rotatable bonds is 7. The van der Waals surface area contributed by atoms with E-state index in [1.807, 2.05) is 36.4 Å². The molecule has 0 atom stereocenters. The van der Waals surface area contributed by atoms with E-state index >= 15 is 0 Å². The second-order valence-corrected chi connectivity index (χ2v) is 9.17. The molecule has 1 aromatic heterocycles. The molecule has 4 rings (SSSR count). The Kier molecular flexibility index (Phi) is 8.08. The lowest BCUT2D eigenvalue weighted by molar-refractivity contribution is -0.119. The number of amides is 2. The molecule has 9 heteroatoms. The van der Waals surface area contributed by atoms with Crippen molar-refractivity contribution in [2.75, 3.05) is 11.1 Å². The number of tetrazole rings is 1. The number of hydrogen-bond donors (Lipinski definition) is 2. The Morgan fingerprint density at radius 2 is 1.79 bits per heavy atom. The van der Waals surface area contributed by atoms with E-state index in [0.717, 1.165) is 23.4 Å². The standard InChI is InChI=1S/C24H28N6O2S/c31-23(26-18-9-4-2-1-3-5-10-18)16-33-22-14-7-6-13-21(22)24(32)27-19-11-8-12-20(15-19)30-17-25-28-29-30/h6-8,11-15,17-18H,1-5,9-10,16H2,(H,26,31)(H,27,32). The number of hydrogen-bond acceptors (Lipinski definition) is 6. The molecule has 0 radical (unpaired) electrons. The minimum Gasteiger partial charge on any atom is -0.353 e. The summed E-state index contributed by atoms with van der Waals surface area (Å²) in [5.41, 5.74) is 1.91. The Morgan fingerprint density at radius 1 is 1.00 bits per heavy atom. The molecular weight excluding hydrogens is 436 g/mol. The fourth-order valence-corrected chi connectivity index (χ4v) is 4.86. The Morgan fingerprint density at radius 3 is 2.58 bits per heavy atom. The van der Waals surface area contributed by atoms with Crippen molar-refractivity contribution in [3.8, 4) is 5.69 Å². The molecule has 3 aromatic rings. The second kappa shape index (κ2) is 11.6. The van der Waals surface area contributed by atoms with Crippen LogP contribution >= 0.6 is 11.8 Å². The molecule has 0 bridgehead atoms. The van der Waals surface area contributed by atoms with Crippen LogP contribution in [0.15, 0.2) is 59.8 Å². The summed E-state index contributed by atoms with van der Waals surface area (Å²) in [6.07, 6.45) is 9.76. The lowest BCUT2D eigenvalue weighted by Gasteiger charge is -2.21. The molecule has 2 amide bonds. The van der Waals surface area contributed by atoms with E-state index in [9.17, 15) is 9.59 Å². The number of anilines is 1. The van der Waals surface area contributed by atoms with Gasteiger partial charge in [0.25, 0.3) is 5.91 Å². The van der Waals surface area contributed by atoms with E-state index < -0.39 is 0 Å². The van der Waals surface area contributed by atoms with Gasteiger partial charge in [0.1, 0.15) is 6.33 Å². The van der Waals surface area contributed by atoms with Crippen LogP contribution in [0.5, 0.6) is 0 Å². The van der Waals surface area contributed by atoms with Gasteiger partial charge in [0.05, 0.1) is 17.0 Å². The van der Waals surface area contributed by atoms with Crippen molar-refractivity contribution in [1.29, 1.82) is 0 Å². The minimum atomic E-state index is -0.229. The van der Waals surface area contributed by atoms with Crippen LogP contribution in [-0.2, 0) is 4.79 Å². The van der Waals surface area contributed by atoms with Gasteiger partial charge in [0.15, 0.2) is 0 Å². The molecule has 2 N–H and O–H groups in total. The van der Waals surface area contributed by atoms with Gasteiger partial charge in [-0.3, -0.25) is 9.59 Å². The summed E-state index contributed by atoms with van der Waals surface area (Å²) in [6, 6.07) is 14.9. The molecular formula is C24H28N6O2S. The zero-order valence-corrected chi connectivity index (χ0v) is 19.3. The predicted molar refractivity (Wildman–Crippen MR) is 129 cm³/mol. The fourth-order valence-electron chi connectivity index (χ4n) is 4.00. The van der Waals surface area contributed by atoms with Crippen LogP contribution in [0, 0.1) is 0 Å². The highest BCUT2D eigenvalue weighted by Gasteiger charge is 2.16. The first-order chi connectivity index (χ1) is 16.2. The molecule has 0 aliphatic heterocycles. The van der Waals surface area contributed by atoms with Gasteiger partial charge in [-0.25, -0.2) is 4.68 Å². The minimum absolute atomic E-state index is 0.0231. The Bertz CT molecular complexity index is 1060. The summed E-state index contributed by atoms with van der Waals surface area (Å²) in [4.78, 5) is 26.3. The summed E-state index contributed by atoms with van der Waals surface area (Å²) >= 11 is 1.39. The van der Waals surface area contributed by atoms with Gasteiger partial charge in [-0.15, -0.1) is 16.9 Å². The highest BCUT2D eigenvalue weighted by Crippen LogP contribution is 2.24. The van der Waals surface area contributed by atoms with Gasteiger partial charge in [-0.2, -0.15) is 0 Å². The third-order valence-electron chi connectivity index (χ3n) is 5.68. The van der Waals surface area contributed by atoms with Crippen molar-refractivity contribution < 1.29 is 9.59 Å². The highest BCUT2D eigenvalue weighted by molar-refractivity contribution is 8.00. The van der Waals surface area contributed by atoms with Crippen molar-refractivity contribution in [2.24, 2.45) is 0 Å². The van der Waals surface area contributed by atoms with Gasteiger partial charge in [0.2, 0.25) is 5.91 Å². The number of thioether (sulfide) groups is 1. The number of aromatic nitrogens is 4. The first kappa shape index (κ1) is 23.0. The van der Waals surface area contributed by atoms with E-state index in [1.165, 1.54) is 54.9 Å². The quantitative estimate of drug-likeness (QED) is 0.507. The lowest BCUT2D eigenvalue weighted by Crippen LogP contribution is -2.36. The van der Waals surface area contributed by atoms with Gasteiger partial charge in [0, 0.05) is 16.6 Å². The maximum absolute atomic E-state index is 13.0. The maximum atomic E-state index is 13.0. The summed E-state index contributed by atoms with van der Waals surface area (Å²) in [5.74, 6) is 0.0811. The molecule has 1 heterocycles. The van der Waals surface area contributed by atoms with Crippen LogP contribution in [0.3, 0.4) is 0 Å². The molecule has 0 unspecified atom stereocenters. The summed E-state index contributed by atoms with van der Waals surface area (Å²) < 4.78 is 1.52. The molecule has 8 nitrogen and oxygen atoms in total. The van der Waals surface area contributed by atoms with Crippen LogP contribution in [0.4, 0.5) is 5.69 Å². The molecule has 0 spiro atoms. The number of nitrogens with one attached hydrogen (secondary N) is 2. The van der Waals surface area contributed by atoms with Gasteiger partial charge in [-0.05, 0) is 53.6 Å². The molecule has 1 aliphatic rings. The maximum Gasteiger partial charge on any atom is 0.256 e. The molecule has 172 valence electrons. The van der Waals surface area contributed by atoms with Crippen molar-refractivity contribution in [1.82, 2.24) is 25.5 Å². The largest absolute Gasteiger partial charge is 0.353 e. The monoisotopic (exact) mass is 464 g/mol. The van der Waals surface area contributed by atoms with Crippen LogP contribution in [0.25, 0.3) is 5.69 Å². The van der Waals surface area contributed by atoms with E-state index in [4.69, 9.17) is 0 Å². The zero-order valence-electron chi connectivity index (χ0n) is 18.4. The van der Waals surface area contributed by atoms with Crippen molar-refractivity contribution >= 4 is 29.3 Å². The Hall–Kier alpha value is -3.20. The molecule has 1 fully saturated rings. The third-order valence-corrected chi connectivity index (χ3v) is 6.75. The van der Waals surface area contributed by atoms with Crippen LogP contribution in [0.2, 0.25) is 0 Å². The Labute approximate surface area is 197 Å². The van der Waals surface area contributed by atoms with E-state index in [0.29, 0.717) is 11.3 Å². The van der Waals surface area contributed by atoms with Crippen molar-refractivity contribution in [2.45, 2.75) is 55.9 Å². The van der Waals surface area contributed by atoms with E-state index in [2.05, 4.69) is 26.2 Å². The SMILES string of the molecule is O=C(CSc1ccccc1C(=O)Nc1cccc(-n2cnnn2)c1)NC1CCCCCCC1. The first-order valence-electron chi connectivity index (χ1n) is 11.3.